The van der Waals surface area contributed by atoms with E-state index in [2.05, 4.69) is 10.6 Å². The Morgan fingerprint density at radius 3 is 2.58 bits per heavy atom. The van der Waals surface area contributed by atoms with Gasteiger partial charge < -0.3 is 15.7 Å². The van der Waals surface area contributed by atoms with Gasteiger partial charge in [-0.3, -0.25) is 4.79 Å². The molecule has 0 aromatic rings. The molecular weight excluding hydrogens is 272 g/mol. The Morgan fingerprint density at radius 2 is 2.00 bits per heavy atom. The molecule has 1 aliphatic carbocycles. The zero-order chi connectivity index (χ0) is 14.5. The number of sulfone groups is 1. The SMILES string of the molecule is CS(=O)(=O)CCCNC(=O)NC1CCCC1C(=O)O. The molecule has 2 atom stereocenters. The van der Waals surface area contributed by atoms with Crippen molar-refractivity contribution in [3.8, 4) is 0 Å². The monoisotopic (exact) mass is 292 g/mol. The Kier molecular flexibility index (Phi) is 5.59. The maximum atomic E-state index is 11.5. The lowest BCUT2D eigenvalue weighted by Crippen LogP contribution is -2.45. The Balaban J connectivity index is 2.26. The van der Waals surface area contributed by atoms with Crippen molar-refractivity contribution in [3.63, 3.8) is 0 Å². The molecule has 0 heterocycles. The number of carboxylic acid groups (broad SMARTS) is 1. The number of amides is 2. The minimum Gasteiger partial charge on any atom is -0.481 e. The van der Waals surface area contributed by atoms with Gasteiger partial charge in [0, 0.05) is 18.8 Å². The summed E-state index contributed by atoms with van der Waals surface area (Å²) >= 11 is 0. The third kappa shape index (κ3) is 5.91. The molecular formula is C11H20N2O5S. The van der Waals surface area contributed by atoms with Crippen LogP contribution in [0.2, 0.25) is 0 Å². The van der Waals surface area contributed by atoms with Gasteiger partial charge in [0.2, 0.25) is 0 Å². The minimum absolute atomic E-state index is 0.0223. The first-order valence-electron chi connectivity index (χ1n) is 6.24. The molecule has 0 saturated heterocycles. The topological polar surface area (TPSA) is 113 Å². The summed E-state index contributed by atoms with van der Waals surface area (Å²) in [6.45, 7) is 0.253. The highest BCUT2D eigenvalue weighted by Crippen LogP contribution is 2.25. The second kappa shape index (κ2) is 6.74. The third-order valence-corrected chi connectivity index (χ3v) is 4.16. The normalized spacial score (nSPS) is 23.0. The lowest BCUT2D eigenvalue weighted by atomic mass is 10.0. The van der Waals surface area contributed by atoms with Crippen LogP contribution in [-0.2, 0) is 14.6 Å². The van der Waals surface area contributed by atoms with Gasteiger partial charge in [-0.1, -0.05) is 6.42 Å². The van der Waals surface area contributed by atoms with E-state index >= 15 is 0 Å². The molecule has 0 aromatic heterocycles. The molecule has 19 heavy (non-hydrogen) atoms. The molecule has 0 aliphatic heterocycles. The van der Waals surface area contributed by atoms with E-state index in [0.717, 1.165) is 12.7 Å². The number of aliphatic carboxylic acids is 1. The Hall–Kier alpha value is -1.31. The minimum atomic E-state index is -3.01. The van der Waals surface area contributed by atoms with Gasteiger partial charge in [0.15, 0.2) is 0 Å². The summed E-state index contributed by atoms with van der Waals surface area (Å²) in [4.78, 5) is 22.5. The summed E-state index contributed by atoms with van der Waals surface area (Å²) in [6.07, 6.45) is 3.51. The molecule has 0 spiro atoms. The van der Waals surface area contributed by atoms with Crippen LogP contribution in [0.1, 0.15) is 25.7 Å². The van der Waals surface area contributed by atoms with Gasteiger partial charge in [-0.2, -0.15) is 0 Å². The average molecular weight is 292 g/mol. The van der Waals surface area contributed by atoms with Crippen LogP contribution in [0.25, 0.3) is 0 Å². The summed E-state index contributed by atoms with van der Waals surface area (Å²) in [5.41, 5.74) is 0. The smallest absolute Gasteiger partial charge is 0.315 e. The number of carboxylic acids is 1. The van der Waals surface area contributed by atoms with E-state index in [1.807, 2.05) is 0 Å². The van der Waals surface area contributed by atoms with E-state index in [9.17, 15) is 18.0 Å². The Bertz CT molecular complexity index is 434. The van der Waals surface area contributed by atoms with Crippen molar-refractivity contribution in [1.29, 1.82) is 0 Å². The lowest BCUT2D eigenvalue weighted by Gasteiger charge is -2.17. The van der Waals surface area contributed by atoms with Gasteiger partial charge in [-0.05, 0) is 19.3 Å². The molecule has 0 radical (unpaired) electrons. The van der Waals surface area contributed by atoms with Crippen LogP contribution in [0.3, 0.4) is 0 Å². The molecule has 0 bridgehead atoms. The summed E-state index contributed by atoms with van der Waals surface area (Å²) < 4.78 is 21.8. The fourth-order valence-electron chi connectivity index (χ4n) is 2.18. The number of carbonyl (C=O) groups is 2. The van der Waals surface area contributed by atoms with Crippen LogP contribution in [-0.4, -0.2) is 50.1 Å². The van der Waals surface area contributed by atoms with Gasteiger partial charge in [0.1, 0.15) is 9.84 Å². The summed E-state index contributed by atoms with van der Waals surface area (Å²) in [6, 6.07) is -0.779. The third-order valence-electron chi connectivity index (χ3n) is 3.13. The lowest BCUT2D eigenvalue weighted by molar-refractivity contribution is -0.142. The number of hydrogen-bond acceptors (Lipinski definition) is 4. The predicted molar refractivity (Wildman–Crippen MR) is 69.6 cm³/mol. The first-order valence-corrected chi connectivity index (χ1v) is 8.30. The molecule has 1 rings (SSSR count). The largest absolute Gasteiger partial charge is 0.481 e. The van der Waals surface area contributed by atoms with E-state index in [1.165, 1.54) is 0 Å². The van der Waals surface area contributed by atoms with E-state index in [1.54, 1.807) is 0 Å². The quantitative estimate of drug-likeness (QED) is 0.595. The zero-order valence-electron chi connectivity index (χ0n) is 10.9. The summed E-state index contributed by atoms with van der Waals surface area (Å²) in [7, 11) is -3.01. The van der Waals surface area contributed by atoms with Crippen molar-refractivity contribution in [2.45, 2.75) is 31.7 Å². The number of hydrogen-bond donors (Lipinski definition) is 3. The first kappa shape index (κ1) is 15.7. The molecule has 110 valence electrons. The zero-order valence-corrected chi connectivity index (χ0v) is 11.7. The fourth-order valence-corrected chi connectivity index (χ4v) is 2.85. The maximum Gasteiger partial charge on any atom is 0.315 e. The highest BCUT2D eigenvalue weighted by atomic mass is 32.2. The molecule has 7 nitrogen and oxygen atoms in total. The molecule has 8 heteroatoms. The molecule has 1 aliphatic rings. The second-order valence-electron chi connectivity index (χ2n) is 4.87. The molecule has 0 aromatic carbocycles. The average Bonchev–Trinajstić information content (AvgIpc) is 2.71. The number of rotatable bonds is 6. The van der Waals surface area contributed by atoms with Crippen LogP contribution in [0.4, 0.5) is 4.79 Å². The Labute approximate surface area is 112 Å². The highest BCUT2D eigenvalue weighted by molar-refractivity contribution is 7.90. The van der Waals surface area contributed by atoms with Crippen LogP contribution >= 0.6 is 0 Å². The maximum absolute atomic E-state index is 11.5. The van der Waals surface area contributed by atoms with Crippen LogP contribution in [0, 0.1) is 5.92 Å². The van der Waals surface area contributed by atoms with E-state index in [4.69, 9.17) is 5.11 Å². The number of urea groups is 1. The van der Waals surface area contributed by atoms with Crippen LogP contribution in [0.15, 0.2) is 0 Å². The van der Waals surface area contributed by atoms with Crippen molar-refractivity contribution in [2.24, 2.45) is 5.92 Å². The van der Waals surface area contributed by atoms with E-state index in [-0.39, 0.29) is 18.3 Å². The van der Waals surface area contributed by atoms with Crippen molar-refractivity contribution in [1.82, 2.24) is 10.6 Å². The second-order valence-corrected chi connectivity index (χ2v) is 7.13. The van der Waals surface area contributed by atoms with Gasteiger partial charge >= 0.3 is 12.0 Å². The predicted octanol–water partition coefficient (Wildman–Crippen LogP) is -0.0264. The molecule has 1 fully saturated rings. The van der Waals surface area contributed by atoms with Crippen molar-refractivity contribution in [3.05, 3.63) is 0 Å². The fraction of sp³-hybridized carbons (Fsp3) is 0.818. The Morgan fingerprint density at radius 1 is 1.32 bits per heavy atom. The van der Waals surface area contributed by atoms with E-state index in [0.29, 0.717) is 19.3 Å². The standard InChI is InChI=1S/C11H20N2O5S/c1-19(17,18)7-3-6-12-11(16)13-9-5-2-4-8(9)10(14)15/h8-9H,2-7H2,1H3,(H,14,15)(H2,12,13,16). The van der Waals surface area contributed by atoms with Gasteiger partial charge in [0.25, 0.3) is 0 Å². The van der Waals surface area contributed by atoms with Gasteiger partial charge in [-0.25, -0.2) is 13.2 Å². The van der Waals surface area contributed by atoms with Crippen LogP contribution in [0.5, 0.6) is 0 Å². The first-order chi connectivity index (χ1) is 8.79. The van der Waals surface area contributed by atoms with Crippen LogP contribution < -0.4 is 10.6 Å². The van der Waals surface area contributed by atoms with Gasteiger partial charge in [0.05, 0.1) is 11.7 Å². The van der Waals surface area contributed by atoms with Crippen molar-refractivity contribution >= 4 is 21.8 Å². The van der Waals surface area contributed by atoms with E-state index < -0.39 is 27.8 Å². The molecule has 1 saturated carbocycles. The van der Waals surface area contributed by atoms with Gasteiger partial charge in [-0.15, -0.1) is 0 Å². The van der Waals surface area contributed by atoms with Crippen molar-refractivity contribution < 1.29 is 23.1 Å². The molecule has 2 amide bonds. The molecule has 2 unspecified atom stereocenters. The summed E-state index contributed by atoms with van der Waals surface area (Å²) in [5, 5.41) is 14.1. The number of nitrogens with one attached hydrogen (secondary N) is 2. The highest BCUT2D eigenvalue weighted by Gasteiger charge is 2.33. The number of carbonyl (C=O) groups excluding carboxylic acids is 1. The molecule has 3 N–H and O–H groups in total. The van der Waals surface area contributed by atoms with Crippen molar-refractivity contribution in [2.75, 3.05) is 18.6 Å². The summed E-state index contributed by atoms with van der Waals surface area (Å²) in [5.74, 6) is -1.39.